The number of carbonyl (C=O) groups excluding carboxylic acids is 1. The summed E-state index contributed by atoms with van der Waals surface area (Å²) in [6.45, 7) is 10.0. The minimum Gasteiger partial charge on any atom is -0.493 e. The van der Waals surface area contributed by atoms with Crippen molar-refractivity contribution in [3.8, 4) is 11.5 Å². The number of ether oxygens (including phenoxy) is 2. The number of rotatable bonds is 5. The highest BCUT2D eigenvalue weighted by Crippen LogP contribution is 2.28. The van der Waals surface area contributed by atoms with E-state index in [9.17, 15) is 4.79 Å². The Labute approximate surface area is 173 Å². The second-order valence-corrected chi connectivity index (χ2v) is 7.57. The lowest BCUT2D eigenvalue weighted by Crippen LogP contribution is -2.52. The molecule has 6 heteroatoms. The Morgan fingerprint density at radius 3 is 2.14 bits per heavy atom. The highest BCUT2D eigenvalue weighted by atomic mass is 16.5. The van der Waals surface area contributed by atoms with Gasteiger partial charge in [-0.25, -0.2) is 4.79 Å². The lowest BCUT2D eigenvalue weighted by molar-refractivity contribution is 0.194. The van der Waals surface area contributed by atoms with Crippen molar-refractivity contribution >= 4 is 11.7 Å². The zero-order valence-corrected chi connectivity index (χ0v) is 18.0. The number of nitrogens with zero attached hydrogens (tertiary/aromatic N) is 2. The fraction of sp³-hybridized carbons (Fsp3) is 0.435. The standard InChI is InChI=1S/C23H31N3O3/c1-16-12-17(2)22(18(3)13-16)25-8-10-26(11-9-25)23(27)24-15-19-6-7-20(28-4)21(14-19)29-5/h6-7,12-14H,8-11,15H2,1-5H3,(H,24,27). The third-order valence-electron chi connectivity index (χ3n) is 5.41. The molecule has 2 aromatic rings. The van der Waals surface area contributed by atoms with Crippen LogP contribution < -0.4 is 19.7 Å². The van der Waals surface area contributed by atoms with E-state index < -0.39 is 0 Å². The number of piperazine rings is 1. The topological polar surface area (TPSA) is 54.0 Å². The van der Waals surface area contributed by atoms with Crippen molar-refractivity contribution in [3.05, 3.63) is 52.6 Å². The lowest BCUT2D eigenvalue weighted by atomic mass is 10.0. The second kappa shape index (κ2) is 9.07. The van der Waals surface area contributed by atoms with Crippen LogP contribution in [-0.4, -0.2) is 51.3 Å². The SMILES string of the molecule is COc1ccc(CNC(=O)N2CCN(c3c(C)cc(C)cc3C)CC2)cc1OC. The Morgan fingerprint density at radius 1 is 0.931 bits per heavy atom. The van der Waals surface area contributed by atoms with Gasteiger partial charge >= 0.3 is 6.03 Å². The summed E-state index contributed by atoms with van der Waals surface area (Å²) in [7, 11) is 3.22. The molecule has 0 aromatic heterocycles. The Balaban J connectivity index is 1.55. The smallest absolute Gasteiger partial charge is 0.317 e. The largest absolute Gasteiger partial charge is 0.493 e. The van der Waals surface area contributed by atoms with Crippen molar-refractivity contribution in [2.24, 2.45) is 0 Å². The predicted octanol–water partition coefficient (Wildman–Crippen LogP) is 3.66. The molecule has 0 saturated carbocycles. The molecule has 0 atom stereocenters. The maximum atomic E-state index is 12.6. The number of anilines is 1. The fourth-order valence-corrected chi connectivity index (χ4v) is 4.08. The molecule has 29 heavy (non-hydrogen) atoms. The highest BCUT2D eigenvalue weighted by molar-refractivity contribution is 5.74. The summed E-state index contributed by atoms with van der Waals surface area (Å²) in [5.74, 6) is 1.34. The average molecular weight is 398 g/mol. The third kappa shape index (κ3) is 4.75. The summed E-state index contributed by atoms with van der Waals surface area (Å²) in [6, 6.07) is 10.1. The van der Waals surface area contributed by atoms with Crippen LogP contribution in [0.25, 0.3) is 0 Å². The first kappa shape index (κ1) is 20.8. The molecule has 0 spiro atoms. The first-order chi connectivity index (χ1) is 13.9. The minimum absolute atomic E-state index is 0.0308. The van der Waals surface area contributed by atoms with Gasteiger partial charge in [0.1, 0.15) is 0 Å². The summed E-state index contributed by atoms with van der Waals surface area (Å²) >= 11 is 0. The molecule has 156 valence electrons. The van der Waals surface area contributed by atoms with Crippen molar-refractivity contribution in [1.82, 2.24) is 10.2 Å². The second-order valence-electron chi connectivity index (χ2n) is 7.57. The van der Waals surface area contributed by atoms with Gasteiger partial charge in [-0.2, -0.15) is 0 Å². The molecule has 1 heterocycles. The van der Waals surface area contributed by atoms with E-state index in [-0.39, 0.29) is 6.03 Å². The van der Waals surface area contributed by atoms with Gasteiger partial charge in [-0.15, -0.1) is 0 Å². The molecule has 1 aliphatic rings. The number of hydrogen-bond acceptors (Lipinski definition) is 4. The number of methoxy groups -OCH3 is 2. The van der Waals surface area contributed by atoms with E-state index in [0.29, 0.717) is 31.1 Å². The first-order valence-electron chi connectivity index (χ1n) is 9.99. The summed E-state index contributed by atoms with van der Waals surface area (Å²) in [5.41, 5.74) is 6.17. The van der Waals surface area contributed by atoms with Crippen LogP contribution in [0.5, 0.6) is 11.5 Å². The van der Waals surface area contributed by atoms with E-state index >= 15 is 0 Å². The van der Waals surface area contributed by atoms with Crippen LogP contribution in [0, 0.1) is 20.8 Å². The minimum atomic E-state index is -0.0308. The van der Waals surface area contributed by atoms with E-state index in [4.69, 9.17) is 9.47 Å². The molecular weight excluding hydrogens is 366 g/mol. The van der Waals surface area contributed by atoms with Gasteiger partial charge in [-0.3, -0.25) is 0 Å². The Morgan fingerprint density at radius 2 is 1.55 bits per heavy atom. The summed E-state index contributed by atoms with van der Waals surface area (Å²) in [6.07, 6.45) is 0. The molecule has 0 aliphatic carbocycles. The lowest BCUT2D eigenvalue weighted by Gasteiger charge is -2.37. The van der Waals surface area contributed by atoms with Crippen LogP contribution in [-0.2, 0) is 6.54 Å². The van der Waals surface area contributed by atoms with Gasteiger partial charge in [-0.1, -0.05) is 23.8 Å². The fourth-order valence-electron chi connectivity index (χ4n) is 4.08. The normalized spacial score (nSPS) is 14.0. The van der Waals surface area contributed by atoms with Crippen molar-refractivity contribution in [3.63, 3.8) is 0 Å². The van der Waals surface area contributed by atoms with Gasteiger partial charge in [0.2, 0.25) is 0 Å². The number of hydrogen-bond donors (Lipinski definition) is 1. The first-order valence-corrected chi connectivity index (χ1v) is 9.99. The third-order valence-corrected chi connectivity index (χ3v) is 5.41. The highest BCUT2D eigenvalue weighted by Gasteiger charge is 2.23. The van der Waals surface area contributed by atoms with Crippen LogP contribution in [0.15, 0.2) is 30.3 Å². The maximum Gasteiger partial charge on any atom is 0.317 e. The number of aryl methyl sites for hydroxylation is 3. The molecule has 3 rings (SSSR count). The quantitative estimate of drug-likeness (QED) is 0.837. The van der Waals surface area contributed by atoms with Crippen LogP contribution in [0.1, 0.15) is 22.3 Å². The number of amides is 2. The molecule has 0 unspecified atom stereocenters. The van der Waals surface area contributed by atoms with Gasteiger partial charge in [-0.05, 0) is 49.6 Å². The van der Waals surface area contributed by atoms with Crippen LogP contribution >= 0.6 is 0 Å². The summed E-state index contributed by atoms with van der Waals surface area (Å²) < 4.78 is 10.6. The Bertz CT molecular complexity index is 851. The maximum absolute atomic E-state index is 12.6. The van der Waals surface area contributed by atoms with Crippen LogP contribution in [0.3, 0.4) is 0 Å². The van der Waals surface area contributed by atoms with E-state index in [1.807, 2.05) is 23.1 Å². The zero-order chi connectivity index (χ0) is 21.0. The van der Waals surface area contributed by atoms with Crippen molar-refractivity contribution < 1.29 is 14.3 Å². The summed E-state index contributed by atoms with van der Waals surface area (Å²) in [5, 5.41) is 3.01. The van der Waals surface area contributed by atoms with Crippen molar-refractivity contribution in [2.75, 3.05) is 45.3 Å². The number of benzene rings is 2. The van der Waals surface area contributed by atoms with E-state index in [1.54, 1.807) is 14.2 Å². The van der Waals surface area contributed by atoms with E-state index in [0.717, 1.165) is 18.7 Å². The molecule has 1 N–H and O–H groups in total. The zero-order valence-electron chi connectivity index (χ0n) is 18.0. The van der Waals surface area contributed by atoms with Gasteiger partial charge in [0.05, 0.1) is 14.2 Å². The van der Waals surface area contributed by atoms with Gasteiger partial charge in [0.25, 0.3) is 0 Å². The van der Waals surface area contributed by atoms with Crippen molar-refractivity contribution in [2.45, 2.75) is 27.3 Å². The number of carbonyl (C=O) groups is 1. The van der Waals surface area contributed by atoms with E-state index in [2.05, 4.69) is 43.1 Å². The van der Waals surface area contributed by atoms with Gasteiger partial charge in [0, 0.05) is 38.4 Å². The van der Waals surface area contributed by atoms with Gasteiger partial charge < -0.3 is 24.6 Å². The van der Waals surface area contributed by atoms with Crippen LogP contribution in [0.2, 0.25) is 0 Å². The summed E-state index contributed by atoms with van der Waals surface area (Å²) in [4.78, 5) is 16.9. The molecule has 2 amide bonds. The monoisotopic (exact) mass is 397 g/mol. The Hall–Kier alpha value is -2.89. The van der Waals surface area contributed by atoms with Gasteiger partial charge in [0.15, 0.2) is 11.5 Å². The molecule has 1 aliphatic heterocycles. The predicted molar refractivity (Wildman–Crippen MR) is 116 cm³/mol. The number of urea groups is 1. The van der Waals surface area contributed by atoms with Crippen LogP contribution in [0.4, 0.5) is 10.5 Å². The molecule has 0 radical (unpaired) electrons. The molecule has 1 fully saturated rings. The molecule has 2 aromatic carbocycles. The molecule has 6 nitrogen and oxygen atoms in total. The molecule has 0 bridgehead atoms. The molecule has 1 saturated heterocycles. The average Bonchev–Trinajstić information content (AvgIpc) is 2.71. The Kier molecular flexibility index (Phi) is 6.52. The van der Waals surface area contributed by atoms with E-state index in [1.165, 1.54) is 22.4 Å². The molecular formula is C23H31N3O3. The van der Waals surface area contributed by atoms with Crippen molar-refractivity contribution in [1.29, 1.82) is 0 Å². The number of nitrogens with one attached hydrogen (secondary N) is 1.